The second kappa shape index (κ2) is 3.98. The minimum absolute atomic E-state index is 0.527. The highest BCUT2D eigenvalue weighted by atomic mass is 16.5. The molecule has 0 saturated carbocycles. The highest BCUT2D eigenvalue weighted by molar-refractivity contribution is 5.58. The molecule has 3 heteroatoms. The van der Waals surface area contributed by atoms with Crippen LogP contribution in [-0.2, 0) is 13.0 Å². The van der Waals surface area contributed by atoms with Crippen LogP contribution in [0.5, 0.6) is 0 Å². The van der Waals surface area contributed by atoms with Crippen LogP contribution in [0, 0.1) is 0 Å². The molecule has 2 rings (SSSR count). The molecule has 1 aromatic carbocycles. The van der Waals surface area contributed by atoms with E-state index in [4.69, 9.17) is 5.21 Å². The van der Waals surface area contributed by atoms with Crippen molar-refractivity contribution >= 4 is 5.69 Å². The van der Waals surface area contributed by atoms with Gasteiger partial charge in [-0.05, 0) is 30.5 Å². The number of rotatable bonds is 3. The first-order valence-electron chi connectivity index (χ1n) is 5.09. The molecule has 0 saturated heterocycles. The van der Waals surface area contributed by atoms with Crippen molar-refractivity contribution in [3.05, 3.63) is 29.3 Å². The Morgan fingerprint density at radius 2 is 2.36 bits per heavy atom. The van der Waals surface area contributed by atoms with Crippen LogP contribution < -0.4 is 10.4 Å². The Balaban J connectivity index is 2.25. The van der Waals surface area contributed by atoms with Crippen molar-refractivity contribution in [1.29, 1.82) is 0 Å². The Labute approximate surface area is 84.3 Å². The number of anilines is 1. The third kappa shape index (κ3) is 1.61. The first kappa shape index (κ1) is 9.49. The largest absolute Gasteiger partial charge is 0.371 e. The lowest BCUT2D eigenvalue weighted by Gasteiger charge is -2.16. The van der Waals surface area contributed by atoms with Crippen LogP contribution in [0.25, 0.3) is 0 Å². The van der Waals surface area contributed by atoms with Crippen LogP contribution in [0.1, 0.15) is 18.1 Å². The Morgan fingerprint density at radius 1 is 1.50 bits per heavy atom. The molecule has 1 aliphatic rings. The molecule has 1 aliphatic heterocycles. The second-order valence-corrected chi connectivity index (χ2v) is 3.63. The fourth-order valence-corrected chi connectivity index (χ4v) is 2.05. The highest BCUT2D eigenvalue weighted by Crippen LogP contribution is 2.28. The van der Waals surface area contributed by atoms with Gasteiger partial charge < -0.3 is 10.1 Å². The second-order valence-electron chi connectivity index (χ2n) is 3.63. The molecule has 1 heterocycles. The molecular formula is C11H16N2O. The van der Waals surface area contributed by atoms with E-state index in [0.717, 1.165) is 25.1 Å². The smallest absolute Gasteiger partial charge is 0.0458 e. The standard InChI is InChI=1S/C11H16N2O/c1-2-13-6-5-10-7-9(8-12-14)3-4-11(10)13/h3-4,7,12,14H,2,5-6,8H2,1H3. The van der Waals surface area contributed by atoms with E-state index in [1.807, 2.05) is 0 Å². The third-order valence-corrected chi connectivity index (χ3v) is 2.80. The Bertz CT molecular complexity index is 325. The van der Waals surface area contributed by atoms with Gasteiger partial charge in [-0.3, -0.25) is 0 Å². The van der Waals surface area contributed by atoms with Gasteiger partial charge in [-0.2, -0.15) is 0 Å². The van der Waals surface area contributed by atoms with Crippen LogP contribution in [-0.4, -0.2) is 18.3 Å². The van der Waals surface area contributed by atoms with E-state index < -0.39 is 0 Å². The number of fused-ring (bicyclic) bond motifs is 1. The molecule has 0 spiro atoms. The van der Waals surface area contributed by atoms with E-state index >= 15 is 0 Å². The van der Waals surface area contributed by atoms with Crippen molar-refractivity contribution in [2.24, 2.45) is 0 Å². The number of hydroxylamine groups is 1. The molecule has 0 aliphatic carbocycles. The lowest BCUT2D eigenvalue weighted by atomic mass is 10.1. The van der Waals surface area contributed by atoms with Gasteiger partial charge in [0.1, 0.15) is 0 Å². The summed E-state index contributed by atoms with van der Waals surface area (Å²) in [5.74, 6) is 0. The SMILES string of the molecule is CCN1CCc2cc(CNO)ccc21. The monoisotopic (exact) mass is 192 g/mol. The van der Waals surface area contributed by atoms with Gasteiger partial charge in [-0.1, -0.05) is 12.1 Å². The molecule has 14 heavy (non-hydrogen) atoms. The zero-order valence-corrected chi connectivity index (χ0v) is 8.45. The fraction of sp³-hybridized carbons (Fsp3) is 0.455. The summed E-state index contributed by atoms with van der Waals surface area (Å²) >= 11 is 0. The van der Waals surface area contributed by atoms with Gasteiger partial charge in [-0.25, -0.2) is 5.48 Å². The maximum Gasteiger partial charge on any atom is 0.0458 e. The van der Waals surface area contributed by atoms with Gasteiger partial charge in [-0.15, -0.1) is 0 Å². The molecule has 0 bridgehead atoms. The highest BCUT2D eigenvalue weighted by Gasteiger charge is 2.17. The molecule has 0 aromatic heterocycles. The van der Waals surface area contributed by atoms with E-state index in [1.165, 1.54) is 11.3 Å². The molecule has 1 aromatic rings. The average molecular weight is 192 g/mol. The van der Waals surface area contributed by atoms with E-state index in [9.17, 15) is 0 Å². The summed E-state index contributed by atoms with van der Waals surface area (Å²) < 4.78 is 0. The van der Waals surface area contributed by atoms with Crippen molar-refractivity contribution in [2.75, 3.05) is 18.0 Å². The summed E-state index contributed by atoms with van der Waals surface area (Å²) in [7, 11) is 0. The van der Waals surface area contributed by atoms with Gasteiger partial charge in [0, 0.05) is 25.3 Å². The fourth-order valence-electron chi connectivity index (χ4n) is 2.05. The number of hydrogen-bond acceptors (Lipinski definition) is 3. The summed E-state index contributed by atoms with van der Waals surface area (Å²) in [6.07, 6.45) is 1.13. The normalized spacial score (nSPS) is 14.6. The van der Waals surface area contributed by atoms with Gasteiger partial charge in [0.05, 0.1) is 0 Å². The number of benzene rings is 1. The summed E-state index contributed by atoms with van der Waals surface area (Å²) in [6, 6.07) is 6.39. The van der Waals surface area contributed by atoms with E-state index in [-0.39, 0.29) is 0 Å². The van der Waals surface area contributed by atoms with Gasteiger partial charge >= 0.3 is 0 Å². The summed E-state index contributed by atoms with van der Waals surface area (Å²) in [6.45, 7) is 4.91. The number of likely N-dealkylation sites (N-methyl/N-ethyl adjacent to an activating group) is 1. The van der Waals surface area contributed by atoms with E-state index in [0.29, 0.717) is 6.54 Å². The first-order chi connectivity index (χ1) is 6.85. The molecule has 2 N–H and O–H groups in total. The van der Waals surface area contributed by atoms with Gasteiger partial charge in [0.15, 0.2) is 0 Å². The first-order valence-corrected chi connectivity index (χ1v) is 5.09. The Hall–Kier alpha value is -1.06. The lowest BCUT2D eigenvalue weighted by molar-refractivity contribution is 0.161. The van der Waals surface area contributed by atoms with Crippen LogP contribution in [0.3, 0.4) is 0 Å². The topological polar surface area (TPSA) is 35.5 Å². The minimum Gasteiger partial charge on any atom is -0.371 e. The summed E-state index contributed by atoms with van der Waals surface area (Å²) in [5.41, 5.74) is 6.09. The summed E-state index contributed by atoms with van der Waals surface area (Å²) in [4.78, 5) is 2.38. The Morgan fingerprint density at radius 3 is 3.07 bits per heavy atom. The maximum atomic E-state index is 8.61. The van der Waals surface area contributed by atoms with Crippen molar-refractivity contribution in [3.8, 4) is 0 Å². The quantitative estimate of drug-likeness (QED) is 0.713. The van der Waals surface area contributed by atoms with Crippen LogP contribution in [0.4, 0.5) is 5.69 Å². The lowest BCUT2D eigenvalue weighted by Crippen LogP contribution is -2.19. The number of nitrogens with one attached hydrogen (secondary N) is 1. The van der Waals surface area contributed by atoms with Crippen molar-refractivity contribution in [1.82, 2.24) is 5.48 Å². The number of hydrogen-bond donors (Lipinski definition) is 2. The van der Waals surface area contributed by atoms with Crippen molar-refractivity contribution < 1.29 is 5.21 Å². The van der Waals surface area contributed by atoms with Crippen molar-refractivity contribution in [3.63, 3.8) is 0 Å². The molecule has 76 valence electrons. The van der Waals surface area contributed by atoms with E-state index in [2.05, 4.69) is 35.5 Å². The Kier molecular flexibility index (Phi) is 2.70. The predicted molar refractivity (Wildman–Crippen MR) is 56.7 cm³/mol. The molecule has 0 radical (unpaired) electrons. The molecule has 0 unspecified atom stereocenters. The van der Waals surface area contributed by atoms with Crippen LogP contribution in [0.15, 0.2) is 18.2 Å². The predicted octanol–water partition coefficient (Wildman–Crippen LogP) is 1.55. The summed E-state index contributed by atoms with van der Waals surface area (Å²) in [5, 5.41) is 8.61. The minimum atomic E-state index is 0.527. The maximum absolute atomic E-state index is 8.61. The molecule has 0 amide bonds. The third-order valence-electron chi connectivity index (χ3n) is 2.80. The molecule has 3 nitrogen and oxygen atoms in total. The molecule has 0 fully saturated rings. The van der Waals surface area contributed by atoms with Crippen LogP contribution >= 0.6 is 0 Å². The van der Waals surface area contributed by atoms with Gasteiger partial charge in [0.2, 0.25) is 0 Å². The van der Waals surface area contributed by atoms with E-state index in [1.54, 1.807) is 0 Å². The zero-order valence-electron chi connectivity index (χ0n) is 8.45. The molecule has 0 atom stereocenters. The van der Waals surface area contributed by atoms with Crippen molar-refractivity contribution in [2.45, 2.75) is 19.9 Å². The van der Waals surface area contributed by atoms with Gasteiger partial charge in [0.25, 0.3) is 0 Å². The number of nitrogens with zero attached hydrogens (tertiary/aromatic N) is 1. The average Bonchev–Trinajstić information content (AvgIpc) is 2.60. The molecular weight excluding hydrogens is 176 g/mol. The zero-order chi connectivity index (χ0) is 9.97. The van der Waals surface area contributed by atoms with Crippen LogP contribution in [0.2, 0.25) is 0 Å².